The van der Waals surface area contributed by atoms with Gasteiger partial charge < -0.3 is 18.9 Å². The number of carbonyl (C=O) groups excluding carboxylic acids is 3. The fraction of sp³-hybridized carbons (Fsp3) is 0.652. The van der Waals surface area contributed by atoms with Gasteiger partial charge in [-0.05, 0) is 31.6 Å². The van der Waals surface area contributed by atoms with Crippen molar-refractivity contribution in [1.82, 2.24) is 4.98 Å². The minimum absolute atomic E-state index is 0.0507. The monoisotopic (exact) mass is 435 g/mol. The van der Waals surface area contributed by atoms with Crippen molar-refractivity contribution in [1.29, 1.82) is 0 Å². The van der Waals surface area contributed by atoms with Gasteiger partial charge in [-0.25, -0.2) is 4.98 Å². The van der Waals surface area contributed by atoms with Gasteiger partial charge in [0, 0.05) is 32.2 Å². The minimum atomic E-state index is -0.706. The summed E-state index contributed by atoms with van der Waals surface area (Å²) in [6, 6.07) is 1.49. The number of methoxy groups -OCH3 is 1. The Hall–Kier alpha value is -2.48. The maximum atomic E-state index is 12.8. The predicted octanol–water partition coefficient (Wildman–Crippen LogP) is 3.61. The van der Waals surface area contributed by atoms with E-state index in [0.29, 0.717) is 12.5 Å². The first kappa shape index (κ1) is 24.8. The lowest BCUT2D eigenvalue weighted by molar-refractivity contribution is -0.165. The predicted molar refractivity (Wildman–Crippen MR) is 113 cm³/mol. The highest BCUT2D eigenvalue weighted by molar-refractivity contribution is 5.99. The molecule has 31 heavy (non-hydrogen) atoms. The van der Waals surface area contributed by atoms with E-state index in [4.69, 9.17) is 18.9 Å². The molecule has 8 nitrogen and oxygen atoms in total. The average Bonchev–Trinajstić information content (AvgIpc) is 3.53. The van der Waals surface area contributed by atoms with Crippen LogP contribution in [0.15, 0.2) is 12.3 Å². The van der Waals surface area contributed by atoms with Gasteiger partial charge in [0.1, 0.15) is 6.10 Å². The van der Waals surface area contributed by atoms with Crippen LogP contribution in [0, 0.1) is 17.8 Å². The van der Waals surface area contributed by atoms with Gasteiger partial charge in [-0.15, -0.1) is 0 Å². The normalized spacial score (nSPS) is 16.4. The molecule has 0 bridgehead atoms. The van der Waals surface area contributed by atoms with Gasteiger partial charge in [-0.2, -0.15) is 0 Å². The summed E-state index contributed by atoms with van der Waals surface area (Å²) in [6.07, 6.45) is 2.97. The van der Waals surface area contributed by atoms with Crippen LogP contribution in [0.5, 0.6) is 11.5 Å². The summed E-state index contributed by atoms with van der Waals surface area (Å²) in [5, 5.41) is 0. The van der Waals surface area contributed by atoms with Crippen LogP contribution in [-0.2, 0) is 19.1 Å². The molecule has 1 saturated carbocycles. The van der Waals surface area contributed by atoms with E-state index in [1.54, 1.807) is 6.92 Å². The van der Waals surface area contributed by atoms with Crippen LogP contribution in [0.4, 0.5) is 0 Å². The molecule has 0 unspecified atom stereocenters. The summed E-state index contributed by atoms with van der Waals surface area (Å²) in [7, 11) is 1.40. The highest BCUT2D eigenvalue weighted by Crippen LogP contribution is 2.32. The molecule has 172 valence electrons. The quantitative estimate of drug-likeness (QED) is 0.362. The third kappa shape index (κ3) is 7.31. The van der Waals surface area contributed by atoms with Crippen molar-refractivity contribution in [3.8, 4) is 11.5 Å². The largest absolute Gasteiger partial charge is 0.493 e. The molecule has 3 atom stereocenters. The Morgan fingerprint density at radius 3 is 2.39 bits per heavy atom. The van der Waals surface area contributed by atoms with Crippen LogP contribution < -0.4 is 9.47 Å². The topological polar surface area (TPSA) is 101 Å². The van der Waals surface area contributed by atoms with E-state index in [1.807, 2.05) is 20.8 Å². The Morgan fingerprint density at radius 1 is 1.16 bits per heavy atom. The molecule has 0 spiro atoms. The van der Waals surface area contributed by atoms with Crippen molar-refractivity contribution in [2.75, 3.05) is 13.7 Å². The second-order valence-corrected chi connectivity index (χ2v) is 8.44. The standard InChI is InChI=1S/C23H33NO7/c1-13(2)21(15(4)29-12-17-7-8-17)31-23(27)14(3)11-18(26)20-22(30-16(5)25)19(28-6)9-10-24-20/h9-10,13-15,17,21H,7-8,11-12H2,1-6H3/t14-,15+,21-/m1/s1. The summed E-state index contributed by atoms with van der Waals surface area (Å²) in [4.78, 5) is 41.0. The molecular weight excluding hydrogens is 402 g/mol. The highest BCUT2D eigenvalue weighted by Gasteiger charge is 2.31. The first-order valence-electron chi connectivity index (χ1n) is 10.7. The molecule has 1 aromatic heterocycles. The Morgan fingerprint density at radius 2 is 1.84 bits per heavy atom. The lowest BCUT2D eigenvalue weighted by Gasteiger charge is -2.28. The molecule has 1 heterocycles. The van der Waals surface area contributed by atoms with E-state index in [1.165, 1.54) is 39.1 Å². The van der Waals surface area contributed by atoms with Crippen LogP contribution in [0.3, 0.4) is 0 Å². The van der Waals surface area contributed by atoms with Gasteiger partial charge in [0.15, 0.2) is 17.2 Å². The third-order valence-corrected chi connectivity index (χ3v) is 5.16. The molecule has 1 aliphatic rings. The number of esters is 2. The Balaban J connectivity index is 2.04. The summed E-state index contributed by atoms with van der Waals surface area (Å²) in [6.45, 7) is 9.36. The van der Waals surface area contributed by atoms with E-state index in [9.17, 15) is 14.4 Å². The van der Waals surface area contributed by atoms with Crippen LogP contribution in [-0.4, -0.2) is 48.6 Å². The molecule has 2 rings (SSSR count). The molecule has 0 N–H and O–H groups in total. The SMILES string of the molecule is COc1ccnc(C(=O)C[C@@H](C)C(=O)O[C@H](C(C)C)[C@H](C)OCC2CC2)c1OC(C)=O. The molecule has 0 saturated heterocycles. The van der Waals surface area contributed by atoms with E-state index >= 15 is 0 Å². The lowest BCUT2D eigenvalue weighted by atomic mass is 10.00. The van der Waals surface area contributed by atoms with Crippen molar-refractivity contribution >= 4 is 17.7 Å². The van der Waals surface area contributed by atoms with Crippen molar-refractivity contribution in [3.05, 3.63) is 18.0 Å². The molecule has 1 aliphatic carbocycles. The molecule has 0 aliphatic heterocycles. The summed E-state index contributed by atoms with van der Waals surface area (Å²) in [5.41, 5.74) is -0.0595. The molecular formula is C23H33NO7. The smallest absolute Gasteiger partial charge is 0.309 e. The molecule has 0 amide bonds. The number of carbonyl (C=O) groups is 3. The van der Waals surface area contributed by atoms with Gasteiger partial charge in [-0.1, -0.05) is 20.8 Å². The summed E-state index contributed by atoms with van der Waals surface area (Å²) >= 11 is 0. The molecule has 1 fully saturated rings. The first-order valence-corrected chi connectivity index (χ1v) is 10.7. The highest BCUT2D eigenvalue weighted by atomic mass is 16.6. The molecule has 0 radical (unpaired) electrons. The molecule has 8 heteroatoms. The van der Waals surface area contributed by atoms with Crippen molar-refractivity contribution in [2.24, 2.45) is 17.8 Å². The lowest BCUT2D eigenvalue weighted by Crippen LogP contribution is -2.37. The van der Waals surface area contributed by atoms with Crippen LogP contribution in [0.25, 0.3) is 0 Å². The number of Topliss-reactive ketones (excluding diaryl/α,β-unsaturated/α-hetero) is 1. The summed E-state index contributed by atoms with van der Waals surface area (Å²) < 4.78 is 21.9. The number of ether oxygens (including phenoxy) is 4. The van der Waals surface area contributed by atoms with Gasteiger partial charge in [0.05, 0.1) is 19.1 Å². The van der Waals surface area contributed by atoms with E-state index in [0.717, 1.165) is 0 Å². The Kier molecular flexibility index (Phi) is 8.98. The van der Waals surface area contributed by atoms with Gasteiger partial charge >= 0.3 is 11.9 Å². The molecule has 1 aromatic rings. The van der Waals surface area contributed by atoms with Gasteiger partial charge in [-0.3, -0.25) is 14.4 Å². The zero-order chi connectivity index (χ0) is 23.1. The molecule has 0 aromatic carbocycles. The Labute approximate surface area is 183 Å². The zero-order valence-corrected chi connectivity index (χ0v) is 19.2. The van der Waals surface area contributed by atoms with Crippen LogP contribution >= 0.6 is 0 Å². The van der Waals surface area contributed by atoms with Crippen molar-refractivity contribution in [3.63, 3.8) is 0 Å². The zero-order valence-electron chi connectivity index (χ0n) is 19.2. The number of pyridine rings is 1. The average molecular weight is 436 g/mol. The number of hydrogen-bond acceptors (Lipinski definition) is 8. The third-order valence-electron chi connectivity index (χ3n) is 5.16. The maximum absolute atomic E-state index is 12.8. The summed E-state index contributed by atoms with van der Waals surface area (Å²) in [5.74, 6) is -1.39. The first-order chi connectivity index (χ1) is 14.6. The fourth-order valence-electron chi connectivity index (χ4n) is 3.18. The number of hydrogen-bond donors (Lipinski definition) is 0. The van der Waals surface area contributed by atoms with Crippen molar-refractivity contribution < 1.29 is 33.3 Å². The number of aromatic nitrogens is 1. The number of ketones is 1. The Bertz CT molecular complexity index is 788. The number of rotatable bonds is 12. The van der Waals surface area contributed by atoms with E-state index < -0.39 is 29.7 Å². The fourth-order valence-corrected chi connectivity index (χ4v) is 3.18. The second-order valence-electron chi connectivity index (χ2n) is 8.44. The van der Waals surface area contributed by atoms with Crippen LogP contribution in [0.1, 0.15) is 64.4 Å². The van der Waals surface area contributed by atoms with Gasteiger partial charge in [0.2, 0.25) is 5.75 Å². The second kappa shape index (κ2) is 11.2. The van der Waals surface area contributed by atoms with E-state index in [2.05, 4.69) is 4.98 Å². The number of nitrogens with zero attached hydrogens (tertiary/aromatic N) is 1. The van der Waals surface area contributed by atoms with Crippen molar-refractivity contribution in [2.45, 2.75) is 66.1 Å². The van der Waals surface area contributed by atoms with Gasteiger partial charge in [0.25, 0.3) is 0 Å². The van der Waals surface area contributed by atoms with E-state index in [-0.39, 0.29) is 35.6 Å². The minimum Gasteiger partial charge on any atom is -0.493 e. The maximum Gasteiger partial charge on any atom is 0.309 e. The van der Waals surface area contributed by atoms with Crippen LogP contribution in [0.2, 0.25) is 0 Å².